The van der Waals surface area contributed by atoms with Crippen LogP contribution in [-0.2, 0) is 81.0 Å². The number of ether oxygens (including phenoxy) is 8. The second kappa shape index (κ2) is 33.9. The van der Waals surface area contributed by atoms with Crippen LogP contribution >= 0.6 is 0 Å². The zero-order valence-electron chi connectivity index (χ0n) is 42.2. The van der Waals surface area contributed by atoms with Crippen LogP contribution in [0.3, 0.4) is 0 Å². The van der Waals surface area contributed by atoms with Crippen LogP contribution in [0, 0.1) is 16.2 Å². The molecule has 0 radical (unpaired) electrons. The van der Waals surface area contributed by atoms with Gasteiger partial charge in [0.15, 0.2) is 0 Å². The van der Waals surface area contributed by atoms with Crippen molar-refractivity contribution in [1.82, 2.24) is 6.15 Å². The van der Waals surface area contributed by atoms with E-state index in [2.05, 4.69) is 39.5 Å². The molecule has 2 heterocycles. The third kappa shape index (κ3) is 33.1. The quantitative estimate of drug-likeness (QED) is 0.0287. The topological polar surface area (TPSA) is 370 Å². The molecule has 72 heavy (non-hydrogen) atoms. The summed E-state index contributed by atoms with van der Waals surface area (Å²) in [7, 11) is 0. The van der Waals surface area contributed by atoms with Crippen molar-refractivity contribution in [1.29, 1.82) is 0 Å². The molecule has 2 rings (SSSR count). The maximum Gasteiger partial charge on any atom is 0.333 e. The molecule has 0 spiro atoms. The Morgan fingerprint density at radius 2 is 0.778 bits per heavy atom. The van der Waals surface area contributed by atoms with Gasteiger partial charge < -0.3 is 69.6 Å². The van der Waals surface area contributed by atoms with E-state index in [1.165, 1.54) is 48.5 Å². The highest BCUT2D eigenvalue weighted by atomic mass is 16.6. The molecule has 23 heteroatoms. The van der Waals surface area contributed by atoms with Gasteiger partial charge >= 0.3 is 53.7 Å². The van der Waals surface area contributed by atoms with Gasteiger partial charge in [0.05, 0.1) is 29.5 Å². The average molecular weight is 1030 g/mol. The first-order valence-electron chi connectivity index (χ1n) is 21.3. The van der Waals surface area contributed by atoms with E-state index in [1.807, 2.05) is 0 Å². The molecular formula is C49H77NO22. The highest BCUT2D eigenvalue weighted by Crippen LogP contribution is 2.29. The molecule has 23 nitrogen and oxygen atoms in total. The lowest BCUT2D eigenvalue weighted by Gasteiger charge is -2.24. The fraction of sp³-hybridized carbons (Fsp3) is 0.571. The summed E-state index contributed by atoms with van der Waals surface area (Å²) >= 11 is 0. The third-order valence-electron chi connectivity index (χ3n) is 8.82. The summed E-state index contributed by atoms with van der Waals surface area (Å²) in [4.78, 5) is 101. The zero-order chi connectivity index (χ0) is 54.9. The molecule has 0 aromatic rings. The van der Waals surface area contributed by atoms with E-state index in [9.17, 15) is 53.4 Å². The Kier molecular flexibility index (Phi) is 34.0. The number of carboxylic acids is 3. The standard InChI is InChI=1S/C22H32O10.C14H20O6.C8H12O4.C4H6O2.CH4.H3N/c1-13(2)18(25)29-9-16(23)11-31-20(27)15(5)8-22(6,7)21(28)32-12-17(24)10-30-19(26)14(3)4;1-9(12(15)19-7-10-5-17-10)4-14(2,3)13(16)20-8-11-6-18-11;1-5(6(9)10)4-8(2,3)7(11)12;1-3(2)4(5)6;;/h16-17,23-24H,1,3,5,8-12H2,2,4,6-7H3;10-11H,1,4-8H2,2-3H3;1,4H2,2-3H3,(H,9,10)(H,11,12);1H2,2H3,(H,5,6);1H4;1H3. The molecule has 2 aliphatic heterocycles. The molecule has 4 atom stereocenters. The van der Waals surface area contributed by atoms with Gasteiger partial charge in [0.25, 0.3) is 0 Å². The number of hydrogen-bond acceptors (Lipinski definition) is 20. The fourth-order valence-electron chi connectivity index (χ4n) is 4.33. The van der Waals surface area contributed by atoms with Gasteiger partial charge in [-0.2, -0.15) is 0 Å². The van der Waals surface area contributed by atoms with Gasteiger partial charge in [-0.3, -0.25) is 14.4 Å². The predicted octanol–water partition coefficient (Wildman–Crippen LogP) is 4.42. The number of hydrogen-bond donors (Lipinski definition) is 6. The molecule has 0 saturated carbocycles. The molecule has 8 N–H and O–H groups in total. The summed E-state index contributed by atoms with van der Waals surface area (Å²) in [5.41, 5.74) is -2.42. The lowest BCUT2D eigenvalue weighted by molar-refractivity contribution is -0.159. The lowest BCUT2D eigenvalue weighted by Crippen LogP contribution is -2.33. The highest BCUT2D eigenvalue weighted by molar-refractivity contribution is 5.91. The van der Waals surface area contributed by atoms with Crippen molar-refractivity contribution in [3.63, 3.8) is 0 Å². The van der Waals surface area contributed by atoms with E-state index in [0.717, 1.165) is 0 Å². The van der Waals surface area contributed by atoms with Crippen molar-refractivity contribution < 1.29 is 107 Å². The molecular weight excluding hydrogens is 955 g/mol. The Morgan fingerprint density at radius 3 is 1.08 bits per heavy atom. The van der Waals surface area contributed by atoms with Gasteiger partial charge in [-0.25, -0.2) is 28.8 Å². The number of rotatable bonds is 27. The smallest absolute Gasteiger partial charge is 0.333 e. The van der Waals surface area contributed by atoms with Gasteiger partial charge in [0, 0.05) is 33.4 Å². The molecule has 0 amide bonds. The SMILES string of the molecule is C.C=C(C)C(=O)O.C=C(C)C(=O)OCC(O)COC(=O)C(=C)CC(C)(C)C(=O)OCC(O)COC(=O)C(=C)C.C=C(CC(C)(C)C(=O)O)C(=O)O.C=C(CC(C)(C)C(=O)OCC1CO1)C(=O)OCC1CO1.N. The molecule has 0 aromatic carbocycles. The molecule has 0 aromatic heterocycles. The first kappa shape index (κ1) is 72.0. The summed E-state index contributed by atoms with van der Waals surface area (Å²) in [5.74, 6) is -6.89. The Hall–Kier alpha value is -6.53. The largest absolute Gasteiger partial charge is 0.481 e. The van der Waals surface area contributed by atoms with Gasteiger partial charge in [0.2, 0.25) is 0 Å². The van der Waals surface area contributed by atoms with Gasteiger partial charge in [0.1, 0.15) is 64.1 Å². The third-order valence-corrected chi connectivity index (χ3v) is 8.82. The van der Waals surface area contributed by atoms with Gasteiger partial charge in [-0.05, 0) is 81.6 Å². The van der Waals surface area contributed by atoms with Crippen LogP contribution in [0.1, 0.15) is 89.0 Å². The van der Waals surface area contributed by atoms with E-state index in [1.54, 1.807) is 13.8 Å². The summed E-state index contributed by atoms with van der Waals surface area (Å²) in [5, 5.41) is 44.4. The van der Waals surface area contributed by atoms with Crippen LogP contribution in [0.15, 0.2) is 72.9 Å². The van der Waals surface area contributed by atoms with E-state index < -0.39 is 89.4 Å². The number of aliphatic hydroxyl groups excluding tert-OH is 2. The first-order chi connectivity index (χ1) is 32.0. The second-order valence-corrected chi connectivity index (χ2v) is 18.1. The van der Waals surface area contributed by atoms with Crippen molar-refractivity contribution in [2.45, 2.75) is 113 Å². The Bertz CT molecular complexity index is 1960. The molecule has 0 bridgehead atoms. The Labute approximate surface area is 421 Å². The molecule has 4 unspecified atom stereocenters. The Morgan fingerprint density at radius 1 is 0.486 bits per heavy atom. The van der Waals surface area contributed by atoms with Crippen LogP contribution in [0.5, 0.6) is 0 Å². The minimum Gasteiger partial charge on any atom is -0.481 e. The minimum atomic E-state index is -1.24. The van der Waals surface area contributed by atoms with E-state index in [-0.39, 0.29) is 111 Å². The van der Waals surface area contributed by atoms with E-state index >= 15 is 0 Å². The zero-order valence-corrected chi connectivity index (χ0v) is 42.2. The normalized spacial score (nSPS) is 14.7. The van der Waals surface area contributed by atoms with Crippen molar-refractivity contribution in [3.05, 3.63) is 72.9 Å². The maximum atomic E-state index is 12.3. The number of carbonyl (C=O) groups is 9. The summed E-state index contributed by atoms with van der Waals surface area (Å²) < 4.78 is 39.5. The molecule has 2 saturated heterocycles. The monoisotopic (exact) mass is 1030 g/mol. The Balaban J connectivity index is -0.000000489. The molecule has 2 fully saturated rings. The highest BCUT2D eigenvalue weighted by Gasteiger charge is 2.36. The minimum absolute atomic E-state index is 0. The number of epoxide rings is 2. The summed E-state index contributed by atoms with van der Waals surface area (Å²) in [6, 6.07) is 0. The second-order valence-electron chi connectivity index (χ2n) is 18.1. The van der Waals surface area contributed by atoms with Crippen molar-refractivity contribution >= 4 is 53.7 Å². The predicted molar refractivity (Wildman–Crippen MR) is 259 cm³/mol. The number of carboxylic acid groups (broad SMARTS) is 3. The number of esters is 6. The molecule has 0 aliphatic carbocycles. The number of aliphatic carboxylic acids is 3. The van der Waals surface area contributed by atoms with E-state index in [4.69, 9.17) is 53.2 Å². The maximum absolute atomic E-state index is 12.3. The molecule has 2 aliphatic rings. The average Bonchev–Trinajstić information content (AvgIpc) is 4.20. The van der Waals surface area contributed by atoms with Crippen LogP contribution in [-0.4, -0.2) is 157 Å². The van der Waals surface area contributed by atoms with Crippen LogP contribution in [0.4, 0.5) is 0 Å². The van der Waals surface area contributed by atoms with Gasteiger partial charge in [-0.1, -0.05) is 46.9 Å². The number of aliphatic hydroxyl groups is 2. The fourth-order valence-corrected chi connectivity index (χ4v) is 4.33. The van der Waals surface area contributed by atoms with Crippen LogP contribution < -0.4 is 6.15 Å². The first-order valence-corrected chi connectivity index (χ1v) is 21.3. The lowest BCUT2D eigenvalue weighted by atomic mass is 9.86. The van der Waals surface area contributed by atoms with Crippen LogP contribution in [0.25, 0.3) is 0 Å². The van der Waals surface area contributed by atoms with Crippen LogP contribution in [0.2, 0.25) is 0 Å². The number of carbonyl (C=O) groups excluding carboxylic acids is 6. The summed E-state index contributed by atoms with van der Waals surface area (Å²) in [6.45, 7) is 34.3. The van der Waals surface area contributed by atoms with E-state index in [0.29, 0.717) is 13.2 Å². The summed E-state index contributed by atoms with van der Waals surface area (Å²) in [6.07, 6.45) is -2.39. The molecule has 410 valence electrons. The van der Waals surface area contributed by atoms with Crippen molar-refractivity contribution in [2.75, 3.05) is 52.9 Å². The van der Waals surface area contributed by atoms with Crippen molar-refractivity contribution in [2.24, 2.45) is 16.2 Å². The van der Waals surface area contributed by atoms with Gasteiger partial charge in [-0.15, -0.1) is 0 Å². The van der Waals surface area contributed by atoms with Crippen molar-refractivity contribution in [3.8, 4) is 0 Å².